The molecule has 4 rings (SSSR count). The van der Waals surface area contributed by atoms with Crippen molar-refractivity contribution in [1.82, 2.24) is 15.2 Å². The van der Waals surface area contributed by atoms with E-state index < -0.39 is 0 Å². The van der Waals surface area contributed by atoms with Crippen LogP contribution in [0.1, 0.15) is 51.3 Å². The van der Waals surface area contributed by atoms with Crippen LogP contribution in [0.15, 0.2) is 29.3 Å². The number of aliphatic hydroxyl groups is 1. The largest absolute Gasteiger partial charge is 0.394 e. The molecule has 2 aliphatic rings. The minimum atomic E-state index is -0.255. The molecule has 2 aromatic rings. The predicted octanol–water partition coefficient (Wildman–Crippen LogP) is 3.52. The molecule has 0 saturated heterocycles. The molecule has 31 heavy (non-hydrogen) atoms. The van der Waals surface area contributed by atoms with E-state index in [2.05, 4.69) is 42.1 Å². The SMILES string of the molecule is CC1(C)CC(NC(=O)N2Cc3[nH]c4ccccc4c3CC2CO)CC(C)(CN=C=O)C1. The number of aliphatic hydroxyl groups excluding tert-OH is 1. The number of H-pyrrole nitrogens is 1. The van der Waals surface area contributed by atoms with Crippen LogP contribution in [-0.4, -0.2) is 52.3 Å². The zero-order valence-electron chi connectivity index (χ0n) is 18.6. The third-order valence-corrected chi connectivity index (χ3v) is 6.88. The molecule has 3 N–H and O–H groups in total. The smallest absolute Gasteiger partial charge is 0.318 e. The van der Waals surface area contributed by atoms with E-state index >= 15 is 0 Å². The lowest BCUT2D eigenvalue weighted by atomic mass is 9.62. The summed E-state index contributed by atoms with van der Waals surface area (Å²) >= 11 is 0. The van der Waals surface area contributed by atoms with Gasteiger partial charge in [0, 0.05) is 22.6 Å². The Bertz CT molecular complexity index is 1020. The molecule has 0 spiro atoms. The Balaban J connectivity index is 1.52. The summed E-state index contributed by atoms with van der Waals surface area (Å²) in [6, 6.07) is 7.72. The number of aromatic nitrogens is 1. The Hall–Kier alpha value is -2.63. The molecule has 0 radical (unpaired) electrons. The fourth-order valence-electron chi connectivity index (χ4n) is 6.01. The molecule has 1 aliphatic heterocycles. The van der Waals surface area contributed by atoms with Gasteiger partial charge in [0.1, 0.15) is 0 Å². The number of amides is 2. The van der Waals surface area contributed by atoms with E-state index in [1.165, 1.54) is 5.56 Å². The standard InChI is InChI=1S/C24H32N4O3/c1-23(2)9-16(10-24(3,13-23)14-25-15-30)26-22(31)28-11-21-19(8-17(28)12-29)18-6-4-5-7-20(18)27-21/h4-7,16-17,27,29H,8-14H2,1-3H3,(H,26,31). The molecule has 1 saturated carbocycles. The van der Waals surface area contributed by atoms with Gasteiger partial charge in [0.15, 0.2) is 0 Å². The Morgan fingerprint density at radius 3 is 2.84 bits per heavy atom. The lowest BCUT2D eigenvalue weighted by Gasteiger charge is -2.46. The Kier molecular flexibility index (Phi) is 5.67. The number of aliphatic imine (C=N–C) groups is 1. The highest BCUT2D eigenvalue weighted by molar-refractivity contribution is 5.85. The average molecular weight is 425 g/mol. The van der Waals surface area contributed by atoms with Gasteiger partial charge in [0.05, 0.1) is 25.7 Å². The normalized spacial score (nSPS) is 27.4. The van der Waals surface area contributed by atoms with E-state index in [4.69, 9.17) is 0 Å². The van der Waals surface area contributed by atoms with Crippen molar-refractivity contribution in [3.8, 4) is 0 Å². The summed E-state index contributed by atoms with van der Waals surface area (Å²) in [5.41, 5.74) is 3.17. The molecule has 3 unspecified atom stereocenters. The molecule has 3 atom stereocenters. The zero-order chi connectivity index (χ0) is 22.2. The molecule has 2 heterocycles. The molecular weight excluding hydrogens is 392 g/mol. The Morgan fingerprint density at radius 1 is 1.32 bits per heavy atom. The quantitative estimate of drug-likeness (QED) is 0.517. The van der Waals surface area contributed by atoms with E-state index in [0.717, 1.165) is 35.9 Å². The minimum absolute atomic E-state index is 0.00782. The van der Waals surface area contributed by atoms with Crippen LogP contribution in [0.3, 0.4) is 0 Å². The first kappa shape index (κ1) is 21.6. The predicted molar refractivity (Wildman–Crippen MR) is 119 cm³/mol. The van der Waals surface area contributed by atoms with Gasteiger partial charge >= 0.3 is 6.03 Å². The van der Waals surface area contributed by atoms with Crippen molar-refractivity contribution >= 4 is 23.0 Å². The summed E-state index contributed by atoms with van der Waals surface area (Å²) in [6.07, 6.45) is 4.87. The van der Waals surface area contributed by atoms with Crippen LogP contribution in [0, 0.1) is 10.8 Å². The molecule has 2 amide bonds. The Labute approximate surface area is 182 Å². The summed E-state index contributed by atoms with van der Waals surface area (Å²) in [7, 11) is 0. The Morgan fingerprint density at radius 2 is 2.10 bits per heavy atom. The summed E-state index contributed by atoms with van der Waals surface area (Å²) in [5, 5.41) is 14.4. The zero-order valence-corrected chi connectivity index (χ0v) is 18.6. The number of benzene rings is 1. The van der Waals surface area contributed by atoms with Crippen molar-refractivity contribution in [2.45, 2.75) is 65.1 Å². The van der Waals surface area contributed by atoms with Gasteiger partial charge in [-0.25, -0.2) is 14.6 Å². The molecule has 166 valence electrons. The second kappa shape index (κ2) is 8.13. The van der Waals surface area contributed by atoms with Crippen molar-refractivity contribution < 1.29 is 14.7 Å². The van der Waals surface area contributed by atoms with Crippen LogP contribution in [0.2, 0.25) is 0 Å². The fourth-order valence-corrected chi connectivity index (χ4v) is 6.01. The lowest BCUT2D eigenvalue weighted by molar-refractivity contribution is 0.0715. The number of hydrogen-bond acceptors (Lipinski definition) is 4. The van der Waals surface area contributed by atoms with E-state index in [-0.39, 0.29) is 35.6 Å². The van der Waals surface area contributed by atoms with E-state index in [9.17, 15) is 14.7 Å². The summed E-state index contributed by atoms with van der Waals surface area (Å²) in [5.74, 6) is 0. The van der Waals surface area contributed by atoms with Gasteiger partial charge in [-0.1, -0.05) is 39.0 Å². The summed E-state index contributed by atoms with van der Waals surface area (Å²) in [6.45, 7) is 7.32. The molecule has 7 nitrogen and oxygen atoms in total. The number of fused-ring (bicyclic) bond motifs is 3. The van der Waals surface area contributed by atoms with Crippen LogP contribution < -0.4 is 5.32 Å². The number of carbonyl (C=O) groups is 1. The van der Waals surface area contributed by atoms with Gasteiger partial charge < -0.3 is 20.3 Å². The van der Waals surface area contributed by atoms with Crippen molar-refractivity contribution in [2.24, 2.45) is 15.8 Å². The van der Waals surface area contributed by atoms with E-state index in [1.807, 2.05) is 18.2 Å². The molecule has 1 aromatic heterocycles. The van der Waals surface area contributed by atoms with Gasteiger partial charge in [-0.05, 0) is 48.1 Å². The van der Waals surface area contributed by atoms with Crippen LogP contribution in [-0.2, 0) is 17.8 Å². The maximum Gasteiger partial charge on any atom is 0.318 e. The highest BCUT2D eigenvalue weighted by Crippen LogP contribution is 2.46. The first-order valence-electron chi connectivity index (χ1n) is 11.0. The molecule has 1 aliphatic carbocycles. The van der Waals surface area contributed by atoms with Crippen LogP contribution in [0.5, 0.6) is 0 Å². The highest BCUT2D eigenvalue weighted by Gasteiger charge is 2.42. The van der Waals surface area contributed by atoms with Crippen molar-refractivity contribution in [3.05, 3.63) is 35.5 Å². The first-order chi connectivity index (χ1) is 14.7. The lowest BCUT2D eigenvalue weighted by Crippen LogP contribution is -2.55. The van der Waals surface area contributed by atoms with Gasteiger partial charge in [-0.2, -0.15) is 0 Å². The van der Waals surface area contributed by atoms with Crippen molar-refractivity contribution in [3.63, 3.8) is 0 Å². The number of hydrogen-bond donors (Lipinski definition) is 3. The number of isocyanates is 1. The molecule has 1 fully saturated rings. The van der Waals surface area contributed by atoms with Crippen molar-refractivity contribution in [2.75, 3.05) is 13.2 Å². The second-order valence-corrected chi connectivity index (χ2v) is 10.4. The minimum Gasteiger partial charge on any atom is -0.394 e. The highest BCUT2D eigenvalue weighted by atomic mass is 16.3. The number of nitrogens with one attached hydrogen (secondary N) is 2. The molecular formula is C24H32N4O3. The van der Waals surface area contributed by atoms with Crippen LogP contribution in [0.25, 0.3) is 10.9 Å². The van der Waals surface area contributed by atoms with E-state index in [1.54, 1.807) is 11.0 Å². The van der Waals surface area contributed by atoms with Crippen LogP contribution in [0.4, 0.5) is 4.79 Å². The summed E-state index contributed by atoms with van der Waals surface area (Å²) in [4.78, 5) is 33.0. The molecule has 7 heteroatoms. The van der Waals surface area contributed by atoms with Gasteiger partial charge in [-0.3, -0.25) is 0 Å². The van der Waals surface area contributed by atoms with Crippen molar-refractivity contribution in [1.29, 1.82) is 0 Å². The number of nitrogens with zero attached hydrogens (tertiary/aromatic N) is 2. The third kappa shape index (κ3) is 4.39. The van der Waals surface area contributed by atoms with E-state index in [0.29, 0.717) is 19.5 Å². The fraction of sp³-hybridized carbons (Fsp3) is 0.583. The number of urea groups is 1. The van der Waals surface area contributed by atoms with Gasteiger partial charge in [0.25, 0.3) is 0 Å². The number of carbonyl (C=O) groups excluding carboxylic acids is 2. The van der Waals surface area contributed by atoms with Gasteiger partial charge in [0.2, 0.25) is 6.08 Å². The topological polar surface area (TPSA) is 97.8 Å². The number of aromatic amines is 1. The average Bonchev–Trinajstić information content (AvgIpc) is 3.07. The maximum atomic E-state index is 13.3. The number of rotatable bonds is 4. The monoisotopic (exact) mass is 424 g/mol. The molecule has 1 aromatic carbocycles. The second-order valence-electron chi connectivity index (χ2n) is 10.4. The third-order valence-electron chi connectivity index (χ3n) is 6.88. The van der Waals surface area contributed by atoms with Crippen LogP contribution >= 0.6 is 0 Å². The van der Waals surface area contributed by atoms with Gasteiger partial charge in [-0.15, -0.1) is 0 Å². The maximum absolute atomic E-state index is 13.3. The summed E-state index contributed by atoms with van der Waals surface area (Å²) < 4.78 is 0. The first-order valence-corrected chi connectivity index (χ1v) is 11.0. The molecule has 0 bridgehead atoms. The number of para-hydroxylation sites is 1.